The number of sulfone groups is 1. The fourth-order valence-electron chi connectivity index (χ4n) is 2.34. The number of rotatable bonds is 5. The van der Waals surface area contributed by atoms with Crippen LogP contribution < -0.4 is 5.32 Å². The Morgan fingerprint density at radius 2 is 1.73 bits per heavy atom. The predicted molar refractivity (Wildman–Crippen MR) is 98.8 cm³/mol. The van der Waals surface area contributed by atoms with Gasteiger partial charge in [-0.05, 0) is 31.2 Å². The third kappa shape index (κ3) is 3.83. The molecule has 1 aromatic heterocycles. The van der Waals surface area contributed by atoms with Crippen molar-refractivity contribution in [2.24, 2.45) is 0 Å². The molecule has 134 valence electrons. The minimum absolute atomic E-state index is 0.0272. The Morgan fingerprint density at radius 1 is 1.08 bits per heavy atom. The van der Waals surface area contributed by atoms with Gasteiger partial charge in [0.1, 0.15) is 0 Å². The number of amides is 1. The molecule has 0 radical (unpaired) electrons. The lowest BCUT2D eigenvalue weighted by Crippen LogP contribution is -2.12. The standard InChI is InChI=1S/C19H18N2O4S/c1-3-26(23,24)16-10-8-15(9-11-16)20-19(22)17-12-18(25-21-17)14-6-4-13(2)5-7-14/h4-12H,3H2,1-2H3,(H,20,22). The summed E-state index contributed by atoms with van der Waals surface area (Å²) in [4.78, 5) is 12.5. The smallest absolute Gasteiger partial charge is 0.277 e. The van der Waals surface area contributed by atoms with Gasteiger partial charge < -0.3 is 9.84 Å². The molecule has 0 bridgehead atoms. The SMILES string of the molecule is CCS(=O)(=O)c1ccc(NC(=O)c2cc(-c3ccc(C)cc3)on2)cc1. The van der Waals surface area contributed by atoms with Gasteiger partial charge in [0.2, 0.25) is 0 Å². The highest BCUT2D eigenvalue weighted by Crippen LogP contribution is 2.21. The van der Waals surface area contributed by atoms with E-state index in [2.05, 4.69) is 10.5 Å². The van der Waals surface area contributed by atoms with E-state index in [4.69, 9.17) is 4.52 Å². The molecule has 0 unspecified atom stereocenters. The molecule has 2 aromatic carbocycles. The molecule has 26 heavy (non-hydrogen) atoms. The van der Waals surface area contributed by atoms with Gasteiger partial charge in [-0.15, -0.1) is 0 Å². The Hall–Kier alpha value is -2.93. The lowest BCUT2D eigenvalue weighted by molar-refractivity contribution is 0.101. The molecule has 0 fully saturated rings. The van der Waals surface area contributed by atoms with Crippen molar-refractivity contribution in [3.05, 3.63) is 65.9 Å². The maximum absolute atomic E-state index is 12.3. The summed E-state index contributed by atoms with van der Waals surface area (Å²) in [6.07, 6.45) is 0. The Labute approximate surface area is 151 Å². The van der Waals surface area contributed by atoms with E-state index in [1.807, 2.05) is 31.2 Å². The highest BCUT2D eigenvalue weighted by molar-refractivity contribution is 7.91. The molecule has 0 saturated heterocycles. The lowest BCUT2D eigenvalue weighted by Gasteiger charge is -2.05. The average molecular weight is 370 g/mol. The van der Waals surface area contributed by atoms with Crippen molar-refractivity contribution >= 4 is 21.4 Å². The van der Waals surface area contributed by atoms with E-state index in [1.165, 1.54) is 12.1 Å². The molecule has 0 aliphatic rings. The van der Waals surface area contributed by atoms with E-state index in [-0.39, 0.29) is 16.3 Å². The van der Waals surface area contributed by atoms with Gasteiger partial charge in [0, 0.05) is 17.3 Å². The molecule has 0 spiro atoms. The minimum Gasteiger partial charge on any atom is -0.355 e. The van der Waals surface area contributed by atoms with Crippen LogP contribution in [0.25, 0.3) is 11.3 Å². The zero-order valence-electron chi connectivity index (χ0n) is 14.4. The van der Waals surface area contributed by atoms with E-state index < -0.39 is 15.7 Å². The van der Waals surface area contributed by atoms with Crippen LogP contribution in [-0.2, 0) is 9.84 Å². The van der Waals surface area contributed by atoms with Crippen LogP contribution in [0.2, 0.25) is 0 Å². The number of aryl methyl sites for hydroxylation is 1. The molecule has 3 aromatic rings. The van der Waals surface area contributed by atoms with Crippen molar-refractivity contribution in [2.75, 3.05) is 11.1 Å². The second-order valence-electron chi connectivity index (χ2n) is 5.82. The summed E-state index contributed by atoms with van der Waals surface area (Å²) in [6.45, 7) is 3.57. The number of hydrogen-bond acceptors (Lipinski definition) is 5. The molecule has 0 saturated carbocycles. The van der Waals surface area contributed by atoms with E-state index in [9.17, 15) is 13.2 Å². The van der Waals surface area contributed by atoms with Crippen LogP contribution in [0.3, 0.4) is 0 Å². The monoisotopic (exact) mass is 370 g/mol. The zero-order chi connectivity index (χ0) is 18.7. The number of carbonyl (C=O) groups is 1. The maximum atomic E-state index is 12.3. The summed E-state index contributed by atoms with van der Waals surface area (Å²) in [5, 5.41) is 6.47. The predicted octanol–water partition coefficient (Wildman–Crippen LogP) is 3.70. The Kier molecular flexibility index (Phi) is 4.90. The number of aromatic nitrogens is 1. The Bertz CT molecular complexity index is 1020. The fourth-order valence-corrected chi connectivity index (χ4v) is 3.23. The quantitative estimate of drug-likeness (QED) is 0.740. The summed E-state index contributed by atoms with van der Waals surface area (Å²) < 4.78 is 28.8. The maximum Gasteiger partial charge on any atom is 0.277 e. The molecule has 3 rings (SSSR count). The number of hydrogen-bond donors (Lipinski definition) is 1. The molecule has 0 aliphatic heterocycles. The van der Waals surface area contributed by atoms with Crippen molar-refractivity contribution in [1.82, 2.24) is 5.16 Å². The van der Waals surface area contributed by atoms with Gasteiger partial charge in [0.05, 0.1) is 10.6 Å². The van der Waals surface area contributed by atoms with Gasteiger partial charge in [0.15, 0.2) is 21.3 Å². The van der Waals surface area contributed by atoms with Gasteiger partial charge in [-0.2, -0.15) is 0 Å². The Balaban J connectivity index is 1.73. The van der Waals surface area contributed by atoms with Gasteiger partial charge in [-0.3, -0.25) is 4.79 Å². The second-order valence-corrected chi connectivity index (χ2v) is 8.10. The highest BCUT2D eigenvalue weighted by Gasteiger charge is 2.15. The van der Waals surface area contributed by atoms with Crippen LogP contribution in [-0.4, -0.2) is 25.2 Å². The van der Waals surface area contributed by atoms with Gasteiger partial charge in [0.25, 0.3) is 5.91 Å². The summed E-state index contributed by atoms with van der Waals surface area (Å²) in [5.41, 5.74) is 2.58. The Morgan fingerprint density at radius 3 is 2.35 bits per heavy atom. The topological polar surface area (TPSA) is 89.3 Å². The molecule has 6 nitrogen and oxygen atoms in total. The summed E-state index contributed by atoms with van der Waals surface area (Å²) in [7, 11) is -3.27. The third-order valence-electron chi connectivity index (χ3n) is 3.93. The van der Waals surface area contributed by atoms with E-state index in [0.29, 0.717) is 11.4 Å². The average Bonchev–Trinajstić information content (AvgIpc) is 3.13. The third-order valence-corrected chi connectivity index (χ3v) is 5.68. The first-order valence-electron chi connectivity index (χ1n) is 8.07. The summed E-state index contributed by atoms with van der Waals surface area (Å²) in [5.74, 6) is 0.0946. The molecule has 1 N–H and O–H groups in total. The molecule has 7 heteroatoms. The largest absolute Gasteiger partial charge is 0.355 e. The first-order valence-corrected chi connectivity index (χ1v) is 9.72. The number of nitrogens with one attached hydrogen (secondary N) is 1. The molecule has 1 amide bonds. The normalized spacial score (nSPS) is 11.3. The van der Waals surface area contributed by atoms with Crippen molar-refractivity contribution in [1.29, 1.82) is 0 Å². The van der Waals surface area contributed by atoms with E-state index >= 15 is 0 Å². The van der Waals surface area contributed by atoms with Crippen LogP contribution in [0, 0.1) is 6.92 Å². The van der Waals surface area contributed by atoms with E-state index in [0.717, 1.165) is 11.1 Å². The van der Waals surface area contributed by atoms with Gasteiger partial charge in [-0.1, -0.05) is 41.9 Å². The van der Waals surface area contributed by atoms with Gasteiger partial charge >= 0.3 is 0 Å². The first kappa shape index (κ1) is 17.9. The summed E-state index contributed by atoms with van der Waals surface area (Å²) >= 11 is 0. The van der Waals surface area contributed by atoms with E-state index in [1.54, 1.807) is 25.1 Å². The van der Waals surface area contributed by atoms with Crippen LogP contribution in [0.15, 0.2) is 64.0 Å². The van der Waals surface area contributed by atoms with Crippen LogP contribution in [0.1, 0.15) is 23.0 Å². The van der Waals surface area contributed by atoms with Crippen molar-refractivity contribution in [3.63, 3.8) is 0 Å². The number of benzene rings is 2. The van der Waals surface area contributed by atoms with Crippen molar-refractivity contribution in [3.8, 4) is 11.3 Å². The highest BCUT2D eigenvalue weighted by atomic mass is 32.2. The van der Waals surface area contributed by atoms with Crippen LogP contribution in [0.5, 0.6) is 0 Å². The number of carbonyl (C=O) groups excluding carboxylic acids is 1. The molecule has 0 aliphatic carbocycles. The molecular formula is C19H18N2O4S. The molecule has 0 atom stereocenters. The van der Waals surface area contributed by atoms with Crippen molar-refractivity contribution < 1.29 is 17.7 Å². The minimum atomic E-state index is -3.27. The molecule has 1 heterocycles. The van der Waals surface area contributed by atoms with Crippen LogP contribution >= 0.6 is 0 Å². The zero-order valence-corrected chi connectivity index (χ0v) is 15.2. The lowest BCUT2D eigenvalue weighted by atomic mass is 10.1. The second kappa shape index (κ2) is 7.13. The summed E-state index contributed by atoms with van der Waals surface area (Å²) in [6, 6.07) is 15.3. The molecular weight excluding hydrogens is 352 g/mol. The van der Waals surface area contributed by atoms with Crippen LogP contribution in [0.4, 0.5) is 5.69 Å². The van der Waals surface area contributed by atoms with Crippen molar-refractivity contribution in [2.45, 2.75) is 18.7 Å². The number of nitrogens with zero attached hydrogens (tertiary/aromatic N) is 1. The fraction of sp³-hybridized carbons (Fsp3) is 0.158. The first-order chi connectivity index (χ1) is 12.4. The number of anilines is 1. The van der Waals surface area contributed by atoms with Gasteiger partial charge in [-0.25, -0.2) is 8.42 Å².